The number of carbonyl (C=O) groups is 2. The van der Waals surface area contributed by atoms with Crippen LogP contribution in [0.25, 0.3) is 0 Å². The van der Waals surface area contributed by atoms with Crippen LogP contribution < -0.4 is 5.32 Å². The fourth-order valence-electron chi connectivity index (χ4n) is 1.80. The van der Waals surface area contributed by atoms with E-state index in [1.54, 1.807) is 0 Å². The molecule has 9 heteroatoms. The first-order valence-corrected chi connectivity index (χ1v) is 6.83. The quantitative estimate of drug-likeness (QED) is 0.639. The van der Waals surface area contributed by atoms with Crippen molar-refractivity contribution in [3.63, 3.8) is 0 Å². The third-order valence-corrected chi connectivity index (χ3v) is 3.42. The van der Waals surface area contributed by atoms with Crippen molar-refractivity contribution in [2.75, 3.05) is 5.32 Å². The molecule has 0 aromatic heterocycles. The number of hydrogen-bond acceptors (Lipinski definition) is 4. The van der Waals surface area contributed by atoms with Gasteiger partial charge < -0.3 is 10.4 Å². The van der Waals surface area contributed by atoms with Crippen LogP contribution in [0.5, 0.6) is 0 Å². The van der Waals surface area contributed by atoms with Gasteiger partial charge in [0, 0.05) is 17.2 Å². The molecule has 0 radical (unpaired) electrons. The first-order valence-electron chi connectivity index (χ1n) is 6.07. The molecule has 2 rings (SSSR count). The lowest BCUT2D eigenvalue weighted by atomic mass is 10.1. The molecule has 118 valence electrons. The SMILES string of the molecule is O=C(O)c1ccc([N+](=O)[O-])cc1C(=O)Nc1ccc(Cl)cc1Cl. The van der Waals surface area contributed by atoms with E-state index in [0.29, 0.717) is 5.02 Å². The molecule has 0 aliphatic rings. The van der Waals surface area contributed by atoms with Gasteiger partial charge >= 0.3 is 5.97 Å². The second-order valence-electron chi connectivity index (χ2n) is 4.37. The van der Waals surface area contributed by atoms with Crippen molar-refractivity contribution in [1.29, 1.82) is 0 Å². The lowest BCUT2D eigenvalue weighted by Gasteiger charge is -2.09. The molecular formula is C14H8Cl2N2O5. The smallest absolute Gasteiger partial charge is 0.336 e. The average Bonchev–Trinajstić information content (AvgIpc) is 2.49. The van der Waals surface area contributed by atoms with Gasteiger partial charge in [-0.25, -0.2) is 4.79 Å². The molecule has 2 aromatic carbocycles. The van der Waals surface area contributed by atoms with Crippen molar-refractivity contribution < 1.29 is 19.6 Å². The normalized spacial score (nSPS) is 10.2. The van der Waals surface area contributed by atoms with Crippen molar-refractivity contribution >= 4 is 46.5 Å². The van der Waals surface area contributed by atoms with E-state index >= 15 is 0 Å². The Balaban J connectivity index is 2.42. The summed E-state index contributed by atoms with van der Waals surface area (Å²) in [6.07, 6.45) is 0. The second kappa shape index (κ2) is 6.64. The van der Waals surface area contributed by atoms with Crippen LogP contribution in [0.2, 0.25) is 10.0 Å². The largest absolute Gasteiger partial charge is 0.478 e. The van der Waals surface area contributed by atoms with E-state index in [4.69, 9.17) is 28.3 Å². The maximum Gasteiger partial charge on any atom is 0.336 e. The van der Waals surface area contributed by atoms with Crippen LogP contribution >= 0.6 is 23.2 Å². The monoisotopic (exact) mass is 354 g/mol. The summed E-state index contributed by atoms with van der Waals surface area (Å²) in [6, 6.07) is 7.20. The summed E-state index contributed by atoms with van der Waals surface area (Å²) in [5.41, 5.74) is -0.915. The number of rotatable bonds is 4. The number of carbonyl (C=O) groups excluding carboxylic acids is 1. The minimum atomic E-state index is -1.38. The Kier molecular flexibility index (Phi) is 4.83. The van der Waals surface area contributed by atoms with Gasteiger partial charge in [-0.3, -0.25) is 14.9 Å². The molecule has 7 nitrogen and oxygen atoms in total. The zero-order valence-electron chi connectivity index (χ0n) is 11.2. The van der Waals surface area contributed by atoms with Gasteiger partial charge in [-0.1, -0.05) is 23.2 Å². The van der Waals surface area contributed by atoms with E-state index in [0.717, 1.165) is 18.2 Å². The molecule has 0 saturated heterocycles. The number of benzene rings is 2. The summed E-state index contributed by atoms with van der Waals surface area (Å²) < 4.78 is 0. The molecule has 23 heavy (non-hydrogen) atoms. The van der Waals surface area contributed by atoms with E-state index in [1.165, 1.54) is 18.2 Å². The third kappa shape index (κ3) is 3.77. The van der Waals surface area contributed by atoms with Gasteiger partial charge in [0.25, 0.3) is 11.6 Å². The van der Waals surface area contributed by atoms with Crippen molar-refractivity contribution in [3.05, 3.63) is 67.7 Å². The van der Waals surface area contributed by atoms with E-state index < -0.39 is 22.5 Å². The molecule has 0 aliphatic carbocycles. The van der Waals surface area contributed by atoms with E-state index in [9.17, 15) is 19.7 Å². The average molecular weight is 355 g/mol. The molecule has 0 fully saturated rings. The molecule has 0 aliphatic heterocycles. The molecule has 2 aromatic rings. The van der Waals surface area contributed by atoms with E-state index in [1.807, 2.05) is 0 Å². The fourth-order valence-corrected chi connectivity index (χ4v) is 2.26. The van der Waals surface area contributed by atoms with Gasteiger partial charge in [0.1, 0.15) is 0 Å². The topological polar surface area (TPSA) is 110 Å². The van der Waals surface area contributed by atoms with Crippen LogP contribution in [0.4, 0.5) is 11.4 Å². The minimum Gasteiger partial charge on any atom is -0.478 e. The molecule has 2 N–H and O–H groups in total. The Morgan fingerprint density at radius 3 is 2.35 bits per heavy atom. The first-order chi connectivity index (χ1) is 10.8. The van der Waals surface area contributed by atoms with Crippen LogP contribution in [-0.2, 0) is 0 Å². The third-order valence-electron chi connectivity index (χ3n) is 2.87. The highest BCUT2D eigenvalue weighted by Crippen LogP contribution is 2.27. The van der Waals surface area contributed by atoms with Crippen LogP contribution in [0, 0.1) is 10.1 Å². The van der Waals surface area contributed by atoms with Gasteiger partial charge in [-0.2, -0.15) is 0 Å². The zero-order valence-corrected chi connectivity index (χ0v) is 12.8. The fraction of sp³-hybridized carbons (Fsp3) is 0. The highest BCUT2D eigenvalue weighted by molar-refractivity contribution is 6.36. The molecular weight excluding hydrogens is 347 g/mol. The number of halogens is 2. The van der Waals surface area contributed by atoms with Gasteiger partial charge in [0.05, 0.1) is 26.8 Å². The molecule has 0 atom stereocenters. The molecule has 0 spiro atoms. The highest BCUT2D eigenvalue weighted by Gasteiger charge is 2.21. The predicted octanol–water partition coefficient (Wildman–Crippen LogP) is 3.85. The summed E-state index contributed by atoms with van der Waals surface area (Å²) in [6.45, 7) is 0. The van der Waals surface area contributed by atoms with Crippen molar-refractivity contribution in [1.82, 2.24) is 0 Å². The van der Waals surface area contributed by atoms with Gasteiger partial charge in [0.15, 0.2) is 0 Å². The number of aromatic carboxylic acids is 1. The summed E-state index contributed by atoms with van der Waals surface area (Å²) in [5, 5.41) is 22.8. The minimum absolute atomic E-state index is 0.146. The standard InChI is InChI=1S/C14H8Cl2N2O5/c15-7-1-4-12(11(16)5-7)17-13(19)10-6-8(18(22)23)2-3-9(10)14(20)21/h1-6H,(H,17,19)(H,20,21). The molecule has 1 amide bonds. The van der Waals surface area contributed by atoms with Gasteiger partial charge in [0.2, 0.25) is 0 Å². The highest BCUT2D eigenvalue weighted by atomic mass is 35.5. The summed E-state index contributed by atoms with van der Waals surface area (Å²) in [7, 11) is 0. The lowest BCUT2D eigenvalue weighted by molar-refractivity contribution is -0.384. The summed E-state index contributed by atoms with van der Waals surface area (Å²) >= 11 is 11.7. The number of carboxylic acid groups (broad SMARTS) is 1. The van der Waals surface area contributed by atoms with Crippen LogP contribution in [-0.4, -0.2) is 21.9 Å². The number of nitro benzene ring substituents is 1. The molecule has 0 saturated carbocycles. The number of amides is 1. The Labute approximate surface area is 139 Å². The second-order valence-corrected chi connectivity index (χ2v) is 5.21. The van der Waals surface area contributed by atoms with Crippen molar-refractivity contribution in [3.8, 4) is 0 Å². The summed E-state index contributed by atoms with van der Waals surface area (Å²) in [4.78, 5) is 33.5. The number of carboxylic acids is 1. The molecule has 0 unspecified atom stereocenters. The Morgan fingerprint density at radius 1 is 1.09 bits per heavy atom. The number of non-ortho nitro benzene ring substituents is 1. The van der Waals surface area contributed by atoms with Crippen LogP contribution in [0.15, 0.2) is 36.4 Å². The number of nitrogens with one attached hydrogen (secondary N) is 1. The van der Waals surface area contributed by atoms with Crippen molar-refractivity contribution in [2.45, 2.75) is 0 Å². The Hall–Kier alpha value is -2.64. The number of nitrogens with zero attached hydrogens (tertiary/aromatic N) is 1. The maximum absolute atomic E-state index is 12.3. The lowest BCUT2D eigenvalue weighted by Crippen LogP contribution is -2.17. The van der Waals surface area contributed by atoms with Crippen LogP contribution in [0.3, 0.4) is 0 Å². The molecule has 0 heterocycles. The maximum atomic E-state index is 12.3. The van der Waals surface area contributed by atoms with E-state index in [-0.39, 0.29) is 21.8 Å². The predicted molar refractivity (Wildman–Crippen MR) is 84.5 cm³/mol. The summed E-state index contributed by atoms with van der Waals surface area (Å²) in [5.74, 6) is -2.22. The number of anilines is 1. The van der Waals surface area contributed by atoms with Gasteiger partial charge in [-0.15, -0.1) is 0 Å². The number of hydrogen-bond donors (Lipinski definition) is 2. The Bertz CT molecular complexity index is 823. The Morgan fingerprint density at radius 2 is 1.78 bits per heavy atom. The number of nitro groups is 1. The van der Waals surface area contributed by atoms with Crippen LogP contribution in [0.1, 0.15) is 20.7 Å². The van der Waals surface area contributed by atoms with Gasteiger partial charge in [-0.05, 0) is 24.3 Å². The first kappa shape index (κ1) is 16.7. The van der Waals surface area contributed by atoms with E-state index in [2.05, 4.69) is 5.32 Å². The zero-order chi connectivity index (χ0) is 17.1. The molecule has 0 bridgehead atoms. The van der Waals surface area contributed by atoms with Crippen molar-refractivity contribution in [2.24, 2.45) is 0 Å².